The van der Waals surface area contributed by atoms with Crippen molar-refractivity contribution in [2.45, 2.75) is 52.1 Å². The quantitative estimate of drug-likeness (QED) is 0.803. The Morgan fingerprint density at radius 2 is 1.86 bits per heavy atom. The van der Waals surface area contributed by atoms with Crippen molar-refractivity contribution < 1.29 is 13.6 Å². The van der Waals surface area contributed by atoms with Crippen LogP contribution in [0.4, 0.5) is 8.78 Å². The summed E-state index contributed by atoms with van der Waals surface area (Å²) in [6.07, 6.45) is 6.67. The van der Waals surface area contributed by atoms with E-state index in [-0.39, 0.29) is 16.7 Å². The van der Waals surface area contributed by atoms with Crippen molar-refractivity contribution >= 4 is 12.1 Å². The highest BCUT2D eigenvalue weighted by molar-refractivity contribution is 5.88. The molecular weight excluding hydrogens is 362 g/mol. The van der Waals surface area contributed by atoms with E-state index in [1.807, 2.05) is 18.5 Å². The van der Waals surface area contributed by atoms with Crippen LogP contribution in [0.2, 0.25) is 0 Å². The topological polar surface area (TPSA) is 50.5 Å². The molecule has 1 aromatic heterocycles. The van der Waals surface area contributed by atoms with Crippen LogP contribution in [0.25, 0.3) is 0 Å². The van der Waals surface area contributed by atoms with E-state index in [2.05, 4.69) is 16.4 Å². The van der Waals surface area contributed by atoms with E-state index in [0.717, 1.165) is 37.6 Å². The third-order valence-corrected chi connectivity index (χ3v) is 6.59. The summed E-state index contributed by atoms with van der Waals surface area (Å²) in [5.74, 6) is -1.29. The van der Waals surface area contributed by atoms with Crippen LogP contribution in [-0.4, -0.2) is 26.9 Å². The molecule has 6 rings (SSSR count). The molecule has 1 unspecified atom stereocenters. The second-order valence-electron chi connectivity index (χ2n) is 8.81. The molecule has 3 fully saturated rings. The van der Waals surface area contributed by atoms with E-state index in [1.54, 1.807) is 6.21 Å². The Hall–Kier alpha value is -2.57. The molecule has 28 heavy (non-hydrogen) atoms. The van der Waals surface area contributed by atoms with Gasteiger partial charge in [-0.05, 0) is 61.8 Å². The number of aryl methyl sites for hydroxylation is 2. The molecule has 0 radical (unpaired) electrons. The number of carbonyl (C=O) groups excluding carboxylic acids is 1. The first kappa shape index (κ1) is 17.5. The van der Waals surface area contributed by atoms with Gasteiger partial charge in [0.1, 0.15) is 11.6 Å². The van der Waals surface area contributed by atoms with Gasteiger partial charge in [-0.1, -0.05) is 0 Å². The van der Waals surface area contributed by atoms with Crippen LogP contribution in [0, 0.1) is 36.3 Å². The van der Waals surface area contributed by atoms with Crippen LogP contribution in [0.1, 0.15) is 48.5 Å². The molecule has 3 saturated carbocycles. The Labute approximate surface area is 162 Å². The fraction of sp³-hybridized carbons (Fsp3) is 0.476. The number of hydrogen-bond acceptors (Lipinski definition) is 3. The van der Waals surface area contributed by atoms with Gasteiger partial charge in [-0.15, -0.1) is 0 Å². The van der Waals surface area contributed by atoms with Crippen LogP contribution >= 0.6 is 0 Å². The van der Waals surface area contributed by atoms with Crippen LogP contribution < -0.4 is 0 Å². The lowest BCUT2D eigenvalue weighted by Crippen LogP contribution is -2.68. The Balaban J connectivity index is 1.29. The molecule has 0 N–H and O–H groups in total. The van der Waals surface area contributed by atoms with Crippen LogP contribution in [0.15, 0.2) is 29.5 Å². The molecule has 1 aliphatic heterocycles. The number of benzene rings is 1. The lowest BCUT2D eigenvalue weighted by atomic mass is 9.34. The van der Waals surface area contributed by atoms with Crippen molar-refractivity contribution in [2.75, 3.05) is 0 Å². The predicted molar refractivity (Wildman–Crippen MR) is 99.5 cm³/mol. The Morgan fingerprint density at radius 3 is 2.46 bits per heavy atom. The standard InChI is InChI=1S/C21H22F2N4O/c1-13-8-26(25-14(13)2)12-20-9-21(10-20,11-20)19(28)27-18(3-4-24-27)15-5-16(22)7-17(23)6-15/h4-8,18H,3,9-12H2,1-2H3. The number of rotatable bonds is 4. The monoisotopic (exact) mass is 384 g/mol. The summed E-state index contributed by atoms with van der Waals surface area (Å²) >= 11 is 0. The highest BCUT2D eigenvalue weighted by Crippen LogP contribution is 2.74. The van der Waals surface area contributed by atoms with Gasteiger partial charge in [0.25, 0.3) is 0 Å². The molecule has 146 valence electrons. The highest BCUT2D eigenvalue weighted by atomic mass is 19.1. The minimum atomic E-state index is -0.636. The van der Waals surface area contributed by atoms with Crippen LogP contribution in [0.3, 0.4) is 0 Å². The SMILES string of the molecule is Cc1cn(CC23CC(C(=O)N4N=CCC4c4cc(F)cc(F)c4)(C2)C3)nc1C. The van der Waals surface area contributed by atoms with E-state index in [9.17, 15) is 13.6 Å². The largest absolute Gasteiger partial charge is 0.272 e. The lowest BCUT2D eigenvalue weighted by molar-refractivity contribution is -0.223. The molecule has 0 saturated heterocycles. The van der Waals surface area contributed by atoms with E-state index < -0.39 is 17.7 Å². The third kappa shape index (κ3) is 2.52. The van der Waals surface area contributed by atoms with Gasteiger partial charge in [-0.25, -0.2) is 13.8 Å². The maximum Gasteiger partial charge on any atom is 0.249 e. The molecule has 0 spiro atoms. The minimum absolute atomic E-state index is 0.0226. The first-order valence-electron chi connectivity index (χ1n) is 9.62. The normalized spacial score (nSPS) is 30.3. The van der Waals surface area contributed by atoms with Gasteiger partial charge in [0, 0.05) is 31.4 Å². The predicted octanol–water partition coefficient (Wildman–Crippen LogP) is 3.91. The van der Waals surface area contributed by atoms with E-state index in [4.69, 9.17) is 0 Å². The van der Waals surface area contributed by atoms with Gasteiger partial charge in [-0.2, -0.15) is 10.2 Å². The average molecular weight is 384 g/mol. The third-order valence-electron chi connectivity index (χ3n) is 6.59. The van der Waals surface area contributed by atoms with Crippen molar-refractivity contribution in [3.8, 4) is 0 Å². The fourth-order valence-electron chi connectivity index (χ4n) is 5.33. The van der Waals surface area contributed by atoms with Crippen molar-refractivity contribution in [3.63, 3.8) is 0 Å². The molecule has 5 nitrogen and oxygen atoms in total. The van der Waals surface area contributed by atoms with Crippen molar-refractivity contribution in [1.82, 2.24) is 14.8 Å². The molecule has 2 aromatic rings. The van der Waals surface area contributed by atoms with Gasteiger partial charge in [0.2, 0.25) is 5.91 Å². The van der Waals surface area contributed by atoms with Gasteiger partial charge in [0.15, 0.2) is 0 Å². The van der Waals surface area contributed by atoms with E-state index in [0.29, 0.717) is 12.0 Å². The summed E-state index contributed by atoms with van der Waals surface area (Å²) in [5.41, 5.74) is 2.43. The van der Waals surface area contributed by atoms with Gasteiger partial charge >= 0.3 is 0 Å². The summed E-state index contributed by atoms with van der Waals surface area (Å²) < 4.78 is 29.2. The van der Waals surface area contributed by atoms with Crippen molar-refractivity contribution in [2.24, 2.45) is 15.9 Å². The zero-order valence-corrected chi connectivity index (χ0v) is 16.0. The zero-order valence-electron chi connectivity index (χ0n) is 16.0. The average Bonchev–Trinajstić information content (AvgIpc) is 3.15. The number of carbonyl (C=O) groups is 1. The van der Waals surface area contributed by atoms with Gasteiger partial charge in [-0.3, -0.25) is 9.48 Å². The fourth-order valence-corrected chi connectivity index (χ4v) is 5.33. The molecule has 7 heteroatoms. The minimum Gasteiger partial charge on any atom is -0.272 e. The molecule has 1 aromatic carbocycles. The van der Waals surface area contributed by atoms with Crippen molar-refractivity contribution in [1.29, 1.82) is 0 Å². The summed E-state index contributed by atoms with van der Waals surface area (Å²) in [5, 5.41) is 10.2. The van der Waals surface area contributed by atoms with Crippen LogP contribution in [0.5, 0.6) is 0 Å². The first-order valence-corrected chi connectivity index (χ1v) is 9.62. The number of hydrogen-bond donors (Lipinski definition) is 0. The summed E-state index contributed by atoms with van der Waals surface area (Å²) in [4.78, 5) is 13.2. The number of aromatic nitrogens is 2. The highest BCUT2D eigenvalue weighted by Gasteiger charge is 2.72. The maximum absolute atomic E-state index is 13.6. The Bertz CT molecular complexity index is 952. The lowest BCUT2D eigenvalue weighted by Gasteiger charge is -2.69. The van der Waals surface area contributed by atoms with Crippen molar-refractivity contribution in [3.05, 3.63) is 52.9 Å². The number of halogens is 2. The van der Waals surface area contributed by atoms with E-state index >= 15 is 0 Å². The second kappa shape index (κ2) is 5.72. The summed E-state index contributed by atoms with van der Waals surface area (Å²) in [6, 6.07) is 2.98. The summed E-state index contributed by atoms with van der Waals surface area (Å²) in [7, 11) is 0. The van der Waals surface area contributed by atoms with Gasteiger partial charge in [0.05, 0.1) is 17.2 Å². The molecule has 3 aliphatic carbocycles. The second-order valence-corrected chi connectivity index (χ2v) is 8.81. The van der Waals surface area contributed by atoms with Crippen LogP contribution in [-0.2, 0) is 11.3 Å². The zero-order chi connectivity index (χ0) is 19.7. The molecule has 2 bridgehead atoms. The van der Waals surface area contributed by atoms with E-state index in [1.165, 1.54) is 22.7 Å². The van der Waals surface area contributed by atoms with Gasteiger partial charge < -0.3 is 0 Å². The Kier molecular flexibility index (Phi) is 3.58. The first-order chi connectivity index (χ1) is 13.3. The Morgan fingerprint density at radius 1 is 1.18 bits per heavy atom. The number of amides is 1. The smallest absolute Gasteiger partial charge is 0.249 e. The summed E-state index contributed by atoms with van der Waals surface area (Å²) in [6.45, 7) is 4.88. The number of nitrogens with zero attached hydrogens (tertiary/aromatic N) is 4. The molecule has 1 atom stereocenters. The molecule has 4 aliphatic rings. The molecular formula is C21H22F2N4O. The maximum atomic E-state index is 13.6. The molecule has 2 heterocycles. The number of hydrazone groups is 1. The molecule has 1 amide bonds.